The van der Waals surface area contributed by atoms with Crippen molar-refractivity contribution in [1.29, 1.82) is 0 Å². The molecule has 0 bridgehead atoms. The van der Waals surface area contributed by atoms with E-state index in [1.54, 1.807) is 18.0 Å². The van der Waals surface area contributed by atoms with Gasteiger partial charge >= 0.3 is 0 Å². The van der Waals surface area contributed by atoms with E-state index in [-0.39, 0.29) is 11.2 Å². The van der Waals surface area contributed by atoms with Crippen molar-refractivity contribution < 1.29 is 4.79 Å². The van der Waals surface area contributed by atoms with Crippen LogP contribution >= 0.6 is 11.8 Å². The minimum Gasteiger partial charge on any atom is -0.355 e. The number of nitrogens with one attached hydrogen (secondary N) is 1. The van der Waals surface area contributed by atoms with Crippen molar-refractivity contribution in [3.05, 3.63) is 54.2 Å². The van der Waals surface area contributed by atoms with Crippen molar-refractivity contribution in [2.24, 2.45) is 0 Å². The Balaban J connectivity index is 1.60. The highest BCUT2D eigenvalue weighted by atomic mass is 32.2. The topological polar surface area (TPSA) is 45.2 Å². The molecule has 0 aliphatic carbocycles. The lowest BCUT2D eigenvalue weighted by Gasteiger charge is -2.21. The zero-order chi connectivity index (χ0) is 16.8. The zero-order valence-corrected chi connectivity index (χ0v) is 14.8. The summed E-state index contributed by atoms with van der Waals surface area (Å²) in [5.41, 5.74) is 2.05. The molecule has 2 aromatic rings. The molecule has 0 radical (unpaired) electrons. The van der Waals surface area contributed by atoms with E-state index in [2.05, 4.69) is 27.3 Å². The van der Waals surface area contributed by atoms with Gasteiger partial charge in [-0.25, -0.2) is 4.98 Å². The van der Waals surface area contributed by atoms with Gasteiger partial charge in [0.1, 0.15) is 0 Å². The molecule has 3 rings (SSSR count). The number of pyridine rings is 1. The van der Waals surface area contributed by atoms with Crippen molar-refractivity contribution in [3.63, 3.8) is 0 Å². The molecule has 4 nitrogen and oxygen atoms in total. The maximum absolute atomic E-state index is 12.5. The predicted octanol–water partition coefficient (Wildman–Crippen LogP) is 3.94. The summed E-state index contributed by atoms with van der Waals surface area (Å²) in [7, 11) is 0. The SMILES string of the molecule is C[C@H](SCc1ccccc1)C(=O)Nc1cccnc1N1CCCC1. The Labute approximate surface area is 147 Å². The molecule has 1 N–H and O–H groups in total. The Kier molecular flexibility index (Phi) is 5.75. The second kappa shape index (κ2) is 8.20. The summed E-state index contributed by atoms with van der Waals surface area (Å²) in [5, 5.41) is 2.95. The lowest BCUT2D eigenvalue weighted by atomic mass is 10.2. The van der Waals surface area contributed by atoms with Crippen LogP contribution in [0.15, 0.2) is 48.7 Å². The lowest BCUT2D eigenvalue weighted by Crippen LogP contribution is -2.26. The highest BCUT2D eigenvalue weighted by Crippen LogP contribution is 2.27. The van der Waals surface area contributed by atoms with Crippen LogP contribution in [0.25, 0.3) is 0 Å². The average molecular weight is 341 g/mol. The fraction of sp³-hybridized carbons (Fsp3) is 0.368. The molecule has 1 atom stereocenters. The molecule has 5 heteroatoms. The predicted molar refractivity (Wildman–Crippen MR) is 102 cm³/mol. The Morgan fingerprint density at radius 1 is 1.21 bits per heavy atom. The molecule has 1 amide bonds. The number of nitrogens with zero attached hydrogens (tertiary/aromatic N) is 2. The van der Waals surface area contributed by atoms with E-state index in [4.69, 9.17) is 0 Å². The van der Waals surface area contributed by atoms with Crippen LogP contribution < -0.4 is 10.2 Å². The molecule has 0 unspecified atom stereocenters. The van der Waals surface area contributed by atoms with Crippen LogP contribution in [0.2, 0.25) is 0 Å². The quantitative estimate of drug-likeness (QED) is 0.864. The molecule has 126 valence electrons. The van der Waals surface area contributed by atoms with Crippen LogP contribution in [-0.2, 0) is 10.5 Å². The van der Waals surface area contributed by atoms with Crippen LogP contribution in [-0.4, -0.2) is 29.2 Å². The number of carbonyl (C=O) groups is 1. The van der Waals surface area contributed by atoms with Crippen molar-refractivity contribution in [2.45, 2.75) is 30.8 Å². The van der Waals surface area contributed by atoms with Crippen LogP contribution in [0.1, 0.15) is 25.3 Å². The summed E-state index contributed by atoms with van der Waals surface area (Å²) >= 11 is 1.65. The van der Waals surface area contributed by atoms with Gasteiger partial charge in [-0.3, -0.25) is 4.79 Å². The Hall–Kier alpha value is -2.01. The molecule has 0 saturated carbocycles. The maximum Gasteiger partial charge on any atom is 0.237 e. The molecule has 1 aromatic carbocycles. The van der Waals surface area contributed by atoms with Gasteiger partial charge in [-0.2, -0.15) is 0 Å². The van der Waals surface area contributed by atoms with Gasteiger partial charge in [-0.05, 0) is 37.5 Å². The largest absolute Gasteiger partial charge is 0.355 e. The highest BCUT2D eigenvalue weighted by Gasteiger charge is 2.20. The number of thioether (sulfide) groups is 1. The summed E-state index contributed by atoms with van der Waals surface area (Å²) in [4.78, 5) is 19.2. The molecule has 24 heavy (non-hydrogen) atoms. The van der Waals surface area contributed by atoms with Crippen LogP contribution in [0.5, 0.6) is 0 Å². The third kappa shape index (κ3) is 4.29. The van der Waals surface area contributed by atoms with Gasteiger partial charge in [0.25, 0.3) is 0 Å². The number of rotatable bonds is 6. The number of anilines is 2. The summed E-state index contributed by atoms with van der Waals surface area (Å²) in [6.07, 6.45) is 4.16. The van der Waals surface area contributed by atoms with Gasteiger partial charge in [0.2, 0.25) is 5.91 Å². The van der Waals surface area contributed by atoms with Crippen molar-refractivity contribution >= 4 is 29.2 Å². The number of hydrogen-bond acceptors (Lipinski definition) is 4. The fourth-order valence-corrected chi connectivity index (χ4v) is 3.63. The smallest absolute Gasteiger partial charge is 0.237 e. The second-order valence-electron chi connectivity index (χ2n) is 6.00. The first-order valence-electron chi connectivity index (χ1n) is 8.40. The fourth-order valence-electron chi connectivity index (χ4n) is 2.78. The summed E-state index contributed by atoms with van der Waals surface area (Å²) < 4.78 is 0. The van der Waals surface area contributed by atoms with Crippen LogP contribution in [0.4, 0.5) is 11.5 Å². The molecule has 0 spiro atoms. The van der Waals surface area contributed by atoms with Crippen molar-refractivity contribution in [3.8, 4) is 0 Å². The van der Waals surface area contributed by atoms with E-state index in [1.165, 1.54) is 18.4 Å². The maximum atomic E-state index is 12.5. The zero-order valence-electron chi connectivity index (χ0n) is 13.9. The first-order valence-corrected chi connectivity index (χ1v) is 9.45. The molecule has 1 aliphatic rings. The average Bonchev–Trinajstić information content (AvgIpc) is 3.15. The molecule has 1 aliphatic heterocycles. The van der Waals surface area contributed by atoms with Gasteiger partial charge in [-0.15, -0.1) is 11.8 Å². The van der Waals surface area contributed by atoms with Crippen LogP contribution in [0.3, 0.4) is 0 Å². The van der Waals surface area contributed by atoms with E-state index in [0.717, 1.165) is 30.3 Å². The molecule has 2 heterocycles. The first kappa shape index (κ1) is 16.8. The molecule has 1 fully saturated rings. The summed E-state index contributed by atoms with van der Waals surface area (Å²) in [6.45, 7) is 3.98. The third-order valence-corrected chi connectivity index (χ3v) is 5.38. The molecule has 1 saturated heterocycles. The van der Waals surface area contributed by atoms with E-state index in [1.807, 2.05) is 37.3 Å². The highest BCUT2D eigenvalue weighted by molar-refractivity contribution is 7.99. The summed E-state index contributed by atoms with van der Waals surface area (Å²) in [6, 6.07) is 14.0. The number of benzene rings is 1. The second-order valence-corrected chi connectivity index (χ2v) is 7.33. The van der Waals surface area contributed by atoms with Gasteiger partial charge < -0.3 is 10.2 Å². The monoisotopic (exact) mass is 341 g/mol. The van der Waals surface area contributed by atoms with E-state index < -0.39 is 0 Å². The molecular weight excluding hydrogens is 318 g/mol. The summed E-state index contributed by atoms with van der Waals surface area (Å²) in [5.74, 6) is 1.76. The van der Waals surface area contributed by atoms with Crippen molar-refractivity contribution in [1.82, 2.24) is 4.98 Å². The Morgan fingerprint density at radius 3 is 2.71 bits per heavy atom. The van der Waals surface area contributed by atoms with Crippen molar-refractivity contribution in [2.75, 3.05) is 23.3 Å². The standard InChI is InChI=1S/C19H23N3OS/c1-15(24-14-16-8-3-2-4-9-16)19(23)21-17-10-7-11-20-18(17)22-12-5-6-13-22/h2-4,7-11,15H,5-6,12-14H2,1H3,(H,21,23)/t15-/m0/s1. The Bertz CT molecular complexity index is 671. The number of amides is 1. The molecule has 1 aromatic heterocycles. The lowest BCUT2D eigenvalue weighted by molar-refractivity contribution is -0.115. The Morgan fingerprint density at radius 2 is 1.96 bits per heavy atom. The van der Waals surface area contributed by atoms with E-state index >= 15 is 0 Å². The van der Waals surface area contributed by atoms with Crippen LogP contribution in [0, 0.1) is 0 Å². The minimum atomic E-state index is -0.114. The number of aromatic nitrogens is 1. The third-order valence-electron chi connectivity index (χ3n) is 4.16. The van der Waals surface area contributed by atoms with Gasteiger partial charge in [0.15, 0.2) is 5.82 Å². The number of carbonyl (C=O) groups excluding carboxylic acids is 1. The van der Waals surface area contributed by atoms with Gasteiger partial charge in [-0.1, -0.05) is 30.3 Å². The van der Waals surface area contributed by atoms with Gasteiger partial charge in [0.05, 0.1) is 10.9 Å². The van der Waals surface area contributed by atoms with E-state index in [9.17, 15) is 4.79 Å². The molecular formula is C19H23N3OS. The first-order chi connectivity index (χ1) is 11.7. The van der Waals surface area contributed by atoms with E-state index in [0.29, 0.717) is 0 Å². The van der Waals surface area contributed by atoms with Gasteiger partial charge in [0, 0.05) is 25.0 Å². The minimum absolute atomic E-state index is 0.0318. The number of hydrogen-bond donors (Lipinski definition) is 1. The normalized spacial score (nSPS) is 15.3.